The van der Waals surface area contributed by atoms with Crippen LogP contribution >= 0.6 is 0 Å². The number of rotatable bonds is 8. The van der Waals surface area contributed by atoms with Crippen LogP contribution in [0.5, 0.6) is 0 Å². The lowest BCUT2D eigenvalue weighted by atomic mass is 10.2. The van der Waals surface area contributed by atoms with Crippen LogP contribution in [0.3, 0.4) is 0 Å². The molecule has 1 aromatic rings. The van der Waals surface area contributed by atoms with Gasteiger partial charge in [0.25, 0.3) is 0 Å². The molecule has 2 N–H and O–H groups in total. The van der Waals surface area contributed by atoms with Gasteiger partial charge in [-0.3, -0.25) is 15.0 Å². The highest BCUT2D eigenvalue weighted by molar-refractivity contribution is 5.69. The van der Waals surface area contributed by atoms with Crippen molar-refractivity contribution >= 4 is 17.3 Å². The summed E-state index contributed by atoms with van der Waals surface area (Å²) < 4.78 is 10.8. The summed E-state index contributed by atoms with van der Waals surface area (Å²) in [5, 5.41) is 17.6. The van der Waals surface area contributed by atoms with E-state index in [1.165, 1.54) is 6.33 Å². The Bertz CT molecular complexity index is 575. The van der Waals surface area contributed by atoms with Crippen LogP contribution in [0.15, 0.2) is 6.33 Å². The molecule has 2 aliphatic heterocycles. The van der Waals surface area contributed by atoms with Crippen LogP contribution in [0, 0.1) is 10.1 Å². The highest BCUT2D eigenvalue weighted by Crippen LogP contribution is 2.29. The van der Waals surface area contributed by atoms with Crippen LogP contribution in [-0.2, 0) is 9.47 Å². The zero-order valence-electron chi connectivity index (χ0n) is 14.1. The first kappa shape index (κ1) is 17.8. The molecule has 0 spiro atoms. The Morgan fingerprint density at radius 1 is 1.24 bits per heavy atom. The SMILES string of the molecule is O=[N+]([O-])c1c(NCCN2CCOCC2)ncnc1NCC1CCCO1. The molecule has 3 rings (SSSR count). The molecule has 1 aromatic heterocycles. The van der Waals surface area contributed by atoms with Crippen molar-refractivity contribution in [2.24, 2.45) is 0 Å². The lowest BCUT2D eigenvalue weighted by Crippen LogP contribution is -2.39. The van der Waals surface area contributed by atoms with Gasteiger partial charge in [-0.2, -0.15) is 0 Å². The molecule has 10 nitrogen and oxygen atoms in total. The van der Waals surface area contributed by atoms with Gasteiger partial charge in [0.05, 0.1) is 24.2 Å². The molecule has 138 valence electrons. The van der Waals surface area contributed by atoms with Gasteiger partial charge < -0.3 is 20.1 Å². The van der Waals surface area contributed by atoms with Crippen LogP contribution in [0.1, 0.15) is 12.8 Å². The van der Waals surface area contributed by atoms with E-state index in [0.717, 1.165) is 52.3 Å². The van der Waals surface area contributed by atoms with Crippen molar-refractivity contribution in [1.29, 1.82) is 0 Å². The summed E-state index contributed by atoms with van der Waals surface area (Å²) in [5.41, 5.74) is -0.123. The summed E-state index contributed by atoms with van der Waals surface area (Å²) in [4.78, 5) is 21.4. The van der Waals surface area contributed by atoms with Crippen LogP contribution in [0.4, 0.5) is 17.3 Å². The molecule has 2 aliphatic rings. The Balaban J connectivity index is 1.59. The number of hydrogen-bond donors (Lipinski definition) is 2. The molecule has 0 radical (unpaired) electrons. The zero-order chi connectivity index (χ0) is 17.5. The Kier molecular flexibility index (Phi) is 6.31. The van der Waals surface area contributed by atoms with Crippen LogP contribution in [-0.4, -0.2) is 78.4 Å². The minimum Gasteiger partial charge on any atom is -0.379 e. The smallest absolute Gasteiger partial charge is 0.353 e. The standard InChI is InChI=1S/C15H24N6O4/c22-21(23)13-14(16-3-4-20-5-8-24-9-6-20)18-11-19-15(13)17-10-12-2-1-7-25-12/h11-12H,1-10H2,(H2,16,17,18,19). The van der Waals surface area contributed by atoms with E-state index in [1.807, 2.05) is 0 Å². The summed E-state index contributed by atoms with van der Waals surface area (Å²) in [6.45, 7) is 5.81. The highest BCUT2D eigenvalue weighted by atomic mass is 16.6. The highest BCUT2D eigenvalue weighted by Gasteiger charge is 2.24. The average molecular weight is 352 g/mol. The van der Waals surface area contributed by atoms with E-state index in [2.05, 4.69) is 25.5 Å². The number of nitrogens with one attached hydrogen (secondary N) is 2. The van der Waals surface area contributed by atoms with E-state index in [4.69, 9.17) is 9.47 Å². The summed E-state index contributed by atoms with van der Waals surface area (Å²) in [6.07, 6.45) is 3.39. The minimum atomic E-state index is -0.449. The lowest BCUT2D eigenvalue weighted by Gasteiger charge is -2.26. The molecule has 0 saturated carbocycles. The van der Waals surface area contributed by atoms with Gasteiger partial charge in [0.1, 0.15) is 6.33 Å². The topological polar surface area (TPSA) is 115 Å². The molecular formula is C15H24N6O4. The van der Waals surface area contributed by atoms with E-state index in [-0.39, 0.29) is 23.4 Å². The van der Waals surface area contributed by atoms with Gasteiger partial charge in [0.2, 0.25) is 11.6 Å². The maximum atomic E-state index is 11.5. The number of hydrogen-bond acceptors (Lipinski definition) is 9. The monoisotopic (exact) mass is 352 g/mol. The third-order valence-corrected chi connectivity index (χ3v) is 4.35. The summed E-state index contributed by atoms with van der Waals surface area (Å²) >= 11 is 0. The maximum Gasteiger partial charge on any atom is 0.353 e. The van der Waals surface area contributed by atoms with Gasteiger partial charge in [0, 0.05) is 39.3 Å². The molecular weight excluding hydrogens is 328 g/mol. The summed E-state index contributed by atoms with van der Waals surface area (Å²) in [6, 6.07) is 0. The van der Waals surface area contributed by atoms with E-state index in [9.17, 15) is 10.1 Å². The fraction of sp³-hybridized carbons (Fsp3) is 0.733. The van der Waals surface area contributed by atoms with Gasteiger partial charge in [-0.15, -0.1) is 0 Å². The zero-order valence-corrected chi connectivity index (χ0v) is 14.1. The molecule has 0 amide bonds. The van der Waals surface area contributed by atoms with E-state index < -0.39 is 4.92 Å². The van der Waals surface area contributed by atoms with Gasteiger partial charge >= 0.3 is 5.69 Å². The van der Waals surface area contributed by atoms with Gasteiger partial charge in [-0.1, -0.05) is 0 Å². The molecule has 0 bridgehead atoms. The van der Waals surface area contributed by atoms with Crippen molar-refractivity contribution in [2.45, 2.75) is 18.9 Å². The van der Waals surface area contributed by atoms with Crippen LogP contribution in [0.25, 0.3) is 0 Å². The van der Waals surface area contributed by atoms with Crippen molar-refractivity contribution in [3.63, 3.8) is 0 Å². The third-order valence-electron chi connectivity index (χ3n) is 4.35. The molecule has 2 saturated heterocycles. The molecule has 0 aliphatic carbocycles. The second kappa shape index (κ2) is 8.88. The average Bonchev–Trinajstić information content (AvgIpc) is 3.14. The Morgan fingerprint density at radius 2 is 2.00 bits per heavy atom. The molecule has 10 heteroatoms. The van der Waals surface area contributed by atoms with E-state index in [1.54, 1.807) is 0 Å². The largest absolute Gasteiger partial charge is 0.379 e. The minimum absolute atomic E-state index is 0.0762. The molecule has 2 fully saturated rings. The van der Waals surface area contributed by atoms with Gasteiger partial charge in [-0.05, 0) is 12.8 Å². The van der Waals surface area contributed by atoms with Crippen molar-refractivity contribution in [3.05, 3.63) is 16.4 Å². The summed E-state index contributed by atoms with van der Waals surface area (Å²) in [5.74, 6) is 0.465. The molecule has 1 atom stereocenters. The normalized spacial score (nSPS) is 21.2. The first-order chi connectivity index (χ1) is 12.2. The Hall–Kier alpha value is -2.04. The molecule has 3 heterocycles. The first-order valence-electron chi connectivity index (χ1n) is 8.63. The molecule has 0 aromatic carbocycles. The van der Waals surface area contributed by atoms with Crippen LogP contribution < -0.4 is 10.6 Å². The number of ether oxygens (including phenoxy) is 2. The van der Waals surface area contributed by atoms with Crippen LogP contribution in [0.2, 0.25) is 0 Å². The summed E-state index contributed by atoms with van der Waals surface area (Å²) in [7, 11) is 0. The molecule has 25 heavy (non-hydrogen) atoms. The lowest BCUT2D eigenvalue weighted by molar-refractivity contribution is -0.383. The number of morpholine rings is 1. The number of nitrogens with zero attached hydrogens (tertiary/aromatic N) is 4. The number of nitro groups is 1. The van der Waals surface area contributed by atoms with Crippen molar-refractivity contribution in [3.8, 4) is 0 Å². The maximum absolute atomic E-state index is 11.5. The van der Waals surface area contributed by atoms with Crippen molar-refractivity contribution < 1.29 is 14.4 Å². The van der Waals surface area contributed by atoms with Gasteiger partial charge in [-0.25, -0.2) is 9.97 Å². The van der Waals surface area contributed by atoms with Gasteiger partial charge in [0.15, 0.2) is 0 Å². The first-order valence-corrected chi connectivity index (χ1v) is 8.63. The fourth-order valence-corrected chi connectivity index (χ4v) is 2.98. The second-order valence-electron chi connectivity index (χ2n) is 6.07. The predicted molar refractivity (Wildman–Crippen MR) is 91.9 cm³/mol. The quantitative estimate of drug-likeness (QED) is 0.516. The third kappa shape index (κ3) is 4.97. The predicted octanol–water partition coefficient (Wildman–Crippen LogP) is 0.720. The van der Waals surface area contributed by atoms with E-state index in [0.29, 0.717) is 13.1 Å². The fourth-order valence-electron chi connectivity index (χ4n) is 2.98. The number of anilines is 2. The molecule has 1 unspecified atom stereocenters. The van der Waals surface area contributed by atoms with Crippen molar-refractivity contribution in [2.75, 3.05) is 63.2 Å². The van der Waals surface area contributed by atoms with Crippen molar-refractivity contribution in [1.82, 2.24) is 14.9 Å². The van der Waals surface area contributed by atoms with E-state index >= 15 is 0 Å². The Labute approximate surface area is 146 Å². The Morgan fingerprint density at radius 3 is 2.68 bits per heavy atom. The second-order valence-corrected chi connectivity index (χ2v) is 6.07. The number of aromatic nitrogens is 2.